The van der Waals surface area contributed by atoms with Crippen molar-refractivity contribution < 1.29 is 19.4 Å². The lowest BCUT2D eigenvalue weighted by atomic mass is 10.0. The molecule has 2 aromatic rings. The Balaban J connectivity index is 2.00. The normalized spacial score (nSPS) is 11.9. The summed E-state index contributed by atoms with van der Waals surface area (Å²) < 4.78 is 11.2. The lowest BCUT2D eigenvalue weighted by molar-refractivity contribution is -0.0593. The van der Waals surface area contributed by atoms with E-state index in [4.69, 9.17) is 14.6 Å². The molecule has 0 fully saturated rings. The Bertz CT molecular complexity index is 632. The second-order valence-electron chi connectivity index (χ2n) is 5.69. The molecule has 0 aliphatic carbocycles. The van der Waals surface area contributed by atoms with Crippen molar-refractivity contribution in [1.82, 2.24) is 0 Å². The van der Waals surface area contributed by atoms with Crippen LogP contribution in [0.15, 0.2) is 48.5 Å². The fraction of sp³-hybridized carbons (Fsp3) is 0.350. The first-order chi connectivity index (χ1) is 11.6. The molecule has 0 aromatic heterocycles. The Morgan fingerprint density at radius 3 is 2.08 bits per heavy atom. The molecule has 0 aliphatic heterocycles. The van der Waals surface area contributed by atoms with E-state index in [-0.39, 0.29) is 11.9 Å². The second-order valence-corrected chi connectivity index (χ2v) is 5.69. The van der Waals surface area contributed by atoms with Crippen LogP contribution in [-0.4, -0.2) is 24.5 Å². The molecule has 0 amide bonds. The third-order valence-corrected chi connectivity index (χ3v) is 3.89. The van der Waals surface area contributed by atoms with E-state index in [9.17, 15) is 4.79 Å². The van der Waals surface area contributed by atoms with Gasteiger partial charge in [-0.2, -0.15) is 0 Å². The Morgan fingerprint density at radius 2 is 1.58 bits per heavy atom. The van der Waals surface area contributed by atoms with E-state index in [1.54, 1.807) is 19.2 Å². The summed E-state index contributed by atoms with van der Waals surface area (Å²) in [5.41, 5.74) is 2.27. The van der Waals surface area contributed by atoms with E-state index in [2.05, 4.69) is 6.92 Å². The minimum atomic E-state index is -0.918. The van der Waals surface area contributed by atoms with Crippen molar-refractivity contribution in [3.8, 4) is 16.9 Å². The Labute approximate surface area is 143 Å². The van der Waals surface area contributed by atoms with E-state index in [1.165, 1.54) is 12.8 Å². The number of methoxy groups -OCH3 is 1. The van der Waals surface area contributed by atoms with Crippen molar-refractivity contribution in [2.45, 2.75) is 38.9 Å². The standard InChI is InChI=1S/C20H24O4/c1-3-4-5-6-19(23-2)24-18-13-11-16(12-14-18)15-7-9-17(10-8-15)20(21)22/h7-14,19H,3-6H2,1-2H3,(H,21,22). The van der Waals surface area contributed by atoms with Crippen LogP contribution in [0.5, 0.6) is 5.75 Å². The molecule has 0 bridgehead atoms. The lowest BCUT2D eigenvalue weighted by Gasteiger charge is -2.17. The molecule has 0 aliphatic rings. The minimum Gasteiger partial charge on any atom is -0.478 e. The third kappa shape index (κ3) is 5.10. The fourth-order valence-electron chi connectivity index (χ4n) is 2.47. The Morgan fingerprint density at radius 1 is 1.00 bits per heavy atom. The lowest BCUT2D eigenvalue weighted by Crippen LogP contribution is -2.18. The van der Waals surface area contributed by atoms with Crippen molar-refractivity contribution in [2.75, 3.05) is 7.11 Å². The number of carbonyl (C=O) groups is 1. The van der Waals surface area contributed by atoms with Crippen LogP contribution < -0.4 is 4.74 Å². The van der Waals surface area contributed by atoms with Gasteiger partial charge in [0.05, 0.1) is 5.56 Å². The summed E-state index contributed by atoms with van der Waals surface area (Å²) in [7, 11) is 1.66. The van der Waals surface area contributed by atoms with Crippen molar-refractivity contribution in [1.29, 1.82) is 0 Å². The first-order valence-electron chi connectivity index (χ1n) is 8.27. The first kappa shape index (κ1) is 18.0. The first-order valence-corrected chi connectivity index (χ1v) is 8.27. The van der Waals surface area contributed by atoms with Crippen molar-refractivity contribution in [2.24, 2.45) is 0 Å². The van der Waals surface area contributed by atoms with Gasteiger partial charge in [0.25, 0.3) is 0 Å². The zero-order valence-corrected chi connectivity index (χ0v) is 14.2. The molecule has 0 radical (unpaired) electrons. The van der Waals surface area contributed by atoms with Gasteiger partial charge in [-0.1, -0.05) is 44.0 Å². The van der Waals surface area contributed by atoms with Crippen LogP contribution in [0.3, 0.4) is 0 Å². The number of aromatic carboxylic acids is 1. The molecule has 0 saturated heterocycles. The summed E-state index contributed by atoms with van der Waals surface area (Å²) >= 11 is 0. The smallest absolute Gasteiger partial charge is 0.335 e. The van der Waals surface area contributed by atoms with Crippen LogP contribution in [0.4, 0.5) is 0 Å². The predicted molar refractivity (Wildman–Crippen MR) is 94.4 cm³/mol. The van der Waals surface area contributed by atoms with Gasteiger partial charge in [0.15, 0.2) is 6.29 Å². The van der Waals surface area contributed by atoms with Gasteiger partial charge in [-0.15, -0.1) is 0 Å². The summed E-state index contributed by atoms with van der Waals surface area (Å²) in [5.74, 6) is -0.150. The maximum Gasteiger partial charge on any atom is 0.335 e. The number of unbranched alkanes of at least 4 members (excludes halogenated alkanes) is 2. The predicted octanol–water partition coefficient (Wildman–Crippen LogP) is 4.98. The van der Waals surface area contributed by atoms with E-state index >= 15 is 0 Å². The van der Waals surface area contributed by atoms with Crippen LogP contribution in [0.25, 0.3) is 11.1 Å². The molecular formula is C20H24O4. The van der Waals surface area contributed by atoms with Crippen LogP contribution in [0, 0.1) is 0 Å². The molecule has 0 spiro atoms. The molecule has 24 heavy (non-hydrogen) atoms. The summed E-state index contributed by atoms with van der Waals surface area (Å²) in [5, 5.41) is 8.94. The molecule has 2 rings (SSSR count). The molecule has 4 heteroatoms. The van der Waals surface area contributed by atoms with Crippen molar-refractivity contribution >= 4 is 5.97 Å². The number of hydrogen-bond donors (Lipinski definition) is 1. The van der Waals surface area contributed by atoms with Gasteiger partial charge in [0.2, 0.25) is 0 Å². The number of hydrogen-bond acceptors (Lipinski definition) is 3. The minimum absolute atomic E-state index is 0.225. The molecule has 1 N–H and O–H groups in total. The molecular weight excluding hydrogens is 304 g/mol. The van der Waals surface area contributed by atoms with Crippen molar-refractivity contribution in [3.63, 3.8) is 0 Å². The van der Waals surface area contributed by atoms with Crippen LogP contribution in [0.1, 0.15) is 43.0 Å². The van der Waals surface area contributed by atoms with Gasteiger partial charge in [0.1, 0.15) is 5.75 Å². The summed E-state index contributed by atoms with van der Waals surface area (Å²) in [6, 6.07) is 14.6. The Kier molecular flexibility index (Phi) is 6.82. The summed E-state index contributed by atoms with van der Waals surface area (Å²) in [4.78, 5) is 10.9. The molecule has 1 unspecified atom stereocenters. The zero-order chi connectivity index (χ0) is 17.4. The molecule has 4 nitrogen and oxygen atoms in total. The summed E-state index contributed by atoms with van der Waals surface area (Å²) in [6.45, 7) is 2.17. The average Bonchev–Trinajstić information content (AvgIpc) is 2.61. The quantitative estimate of drug-likeness (QED) is 0.521. The van der Waals surface area contributed by atoms with Crippen LogP contribution in [0.2, 0.25) is 0 Å². The van der Waals surface area contributed by atoms with Gasteiger partial charge in [-0.25, -0.2) is 4.79 Å². The molecule has 2 aromatic carbocycles. The number of carboxylic acid groups (broad SMARTS) is 1. The average molecular weight is 328 g/mol. The van der Waals surface area contributed by atoms with Crippen molar-refractivity contribution in [3.05, 3.63) is 54.1 Å². The van der Waals surface area contributed by atoms with E-state index in [1.807, 2.05) is 36.4 Å². The van der Waals surface area contributed by atoms with E-state index in [0.29, 0.717) is 0 Å². The van der Waals surface area contributed by atoms with Crippen LogP contribution >= 0.6 is 0 Å². The number of rotatable bonds is 9. The highest BCUT2D eigenvalue weighted by atomic mass is 16.7. The monoisotopic (exact) mass is 328 g/mol. The second kappa shape index (κ2) is 9.08. The largest absolute Gasteiger partial charge is 0.478 e. The molecule has 0 saturated carbocycles. The van der Waals surface area contributed by atoms with Gasteiger partial charge in [-0.05, 0) is 41.8 Å². The fourth-order valence-corrected chi connectivity index (χ4v) is 2.47. The highest BCUT2D eigenvalue weighted by Crippen LogP contribution is 2.24. The number of benzene rings is 2. The zero-order valence-electron chi connectivity index (χ0n) is 14.2. The topological polar surface area (TPSA) is 55.8 Å². The van der Waals surface area contributed by atoms with Gasteiger partial charge >= 0.3 is 5.97 Å². The van der Waals surface area contributed by atoms with Gasteiger partial charge in [0, 0.05) is 13.5 Å². The van der Waals surface area contributed by atoms with Gasteiger partial charge < -0.3 is 14.6 Å². The van der Waals surface area contributed by atoms with Crippen LogP contribution in [-0.2, 0) is 4.74 Å². The van der Waals surface area contributed by atoms with E-state index in [0.717, 1.165) is 29.7 Å². The van der Waals surface area contributed by atoms with E-state index < -0.39 is 5.97 Å². The maximum atomic E-state index is 10.9. The molecule has 128 valence electrons. The Hall–Kier alpha value is -2.33. The molecule has 1 atom stereocenters. The SMILES string of the molecule is CCCCCC(OC)Oc1ccc(-c2ccc(C(=O)O)cc2)cc1. The molecule has 0 heterocycles. The number of ether oxygens (including phenoxy) is 2. The third-order valence-electron chi connectivity index (χ3n) is 3.89. The van der Waals surface area contributed by atoms with Gasteiger partial charge in [-0.3, -0.25) is 0 Å². The highest BCUT2D eigenvalue weighted by Gasteiger charge is 2.09. The maximum absolute atomic E-state index is 10.9. The summed E-state index contributed by atoms with van der Waals surface area (Å²) in [6.07, 6.45) is 4.09. The number of carboxylic acids is 1. The highest BCUT2D eigenvalue weighted by molar-refractivity contribution is 5.88.